The largest absolute Gasteiger partial charge is 0.489 e. The average Bonchev–Trinajstić information content (AvgIpc) is 2.43. The molecule has 1 saturated heterocycles. The molecule has 1 aliphatic heterocycles. The highest BCUT2D eigenvalue weighted by Gasteiger charge is 2.45. The molecule has 1 aromatic rings. The highest BCUT2D eigenvalue weighted by atomic mass is 35.5. The van der Waals surface area contributed by atoms with Crippen molar-refractivity contribution in [2.24, 2.45) is 0 Å². The Labute approximate surface area is 131 Å². The molecule has 0 aromatic heterocycles. The number of hydrogen-bond donors (Lipinski definition) is 1. The fraction of sp³-hybridized carbons (Fsp3) is 0.571. The summed E-state index contributed by atoms with van der Waals surface area (Å²) in [5.41, 5.74) is -0.208. The molecule has 0 unspecified atom stereocenters. The third-order valence-electron chi connectivity index (χ3n) is 3.45. The molecule has 1 aliphatic rings. The summed E-state index contributed by atoms with van der Waals surface area (Å²) in [6.45, 7) is 3.20. The van der Waals surface area contributed by atoms with E-state index >= 15 is 0 Å². The highest BCUT2D eigenvalue weighted by molar-refractivity contribution is 6.32. The molecule has 0 saturated carbocycles. The van der Waals surface area contributed by atoms with Crippen LogP contribution in [0.4, 0.5) is 17.6 Å². The van der Waals surface area contributed by atoms with Gasteiger partial charge in [0.15, 0.2) is 11.6 Å². The lowest BCUT2D eigenvalue weighted by Gasteiger charge is -2.36. The first-order valence-corrected chi connectivity index (χ1v) is 7.35. The molecule has 1 atom stereocenters. The SMILES string of the molecule is CCOc1c(F)cc([C@@H](N2CCNCC2)C(F)(F)F)cc1Cl. The van der Waals surface area contributed by atoms with Gasteiger partial charge in [-0.15, -0.1) is 0 Å². The maximum atomic E-state index is 14.0. The maximum Gasteiger partial charge on any atom is 0.408 e. The number of ether oxygens (including phenoxy) is 1. The summed E-state index contributed by atoms with van der Waals surface area (Å²) >= 11 is 5.88. The fourth-order valence-electron chi connectivity index (χ4n) is 2.57. The van der Waals surface area contributed by atoms with Crippen LogP contribution in [0, 0.1) is 5.82 Å². The van der Waals surface area contributed by atoms with Crippen LogP contribution in [-0.4, -0.2) is 43.9 Å². The van der Waals surface area contributed by atoms with Crippen molar-refractivity contribution in [2.45, 2.75) is 19.1 Å². The zero-order valence-corrected chi connectivity index (χ0v) is 12.8. The Morgan fingerprint density at radius 1 is 1.32 bits per heavy atom. The quantitative estimate of drug-likeness (QED) is 0.850. The van der Waals surface area contributed by atoms with E-state index in [1.165, 1.54) is 4.90 Å². The third kappa shape index (κ3) is 3.83. The first-order chi connectivity index (χ1) is 10.3. The molecular weight excluding hydrogens is 324 g/mol. The number of nitrogens with one attached hydrogen (secondary N) is 1. The van der Waals surface area contributed by atoms with E-state index in [1.807, 2.05) is 0 Å². The van der Waals surface area contributed by atoms with Crippen LogP contribution >= 0.6 is 11.6 Å². The van der Waals surface area contributed by atoms with E-state index in [4.69, 9.17) is 16.3 Å². The smallest absolute Gasteiger partial charge is 0.408 e. The molecule has 1 fully saturated rings. The summed E-state index contributed by atoms with van der Waals surface area (Å²) in [6.07, 6.45) is -4.51. The summed E-state index contributed by atoms with van der Waals surface area (Å²) in [4.78, 5) is 1.28. The standard InChI is InChI=1S/C14H17ClF4N2O/c1-2-22-12-10(15)7-9(8-11(12)16)13(14(17,18)19)21-5-3-20-4-6-21/h7-8,13,20H,2-6H2,1H3/t13-/m1/s1. The molecule has 0 bridgehead atoms. The van der Waals surface area contributed by atoms with Crippen molar-refractivity contribution in [1.29, 1.82) is 0 Å². The van der Waals surface area contributed by atoms with E-state index in [9.17, 15) is 17.6 Å². The first kappa shape index (κ1) is 17.3. The highest BCUT2D eigenvalue weighted by Crippen LogP contribution is 2.41. The molecule has 22 heavy (non-hydrogen) atoms. The van der Waals surface area contributed by atoms with Crippen molar-refractivity contribution in [3.63, 3.8) is 0 Å². The van der Waals surface area contributed by atoms with Crippen LogP contribution < -0.4 is 10.1 Å². The van der Waals surface area contributed by atoms with Gasteiger partial charge in [-0.25, -0.2) is 4.39 Å². The van der Waals surface area contributed by atoms with Crippen LogP contribution in [0.5, 0.6) is 5.75 Å². The second-order valence-electron chi connectivity index (χ2n) is 4.98. The van der Waals surface area contributed by atoms with Crippen LogP contribution in [0.25, 0.3) is 0 Å². The van der Waals surface area contributed by atoms with Crippen LogP contribution in [0.15, 0.2) is 12.1 Å². The van der Waals surface area contributed by atoms with Gasteiger partial charge in [0.05, 0.1) is 11.6 Å². The summed E-state index contributed by atoms with van der Waals surface area (Å²) in [7, 11) is 0. The van der Waals surface area contributed by atoms with Gasteiger partial charge in [-0.2, -0.15) is 13.2 Å². The van der Waals surface area contributed by atoms with Gasteiger partial charge in [-0.1, -0.05) is 11.6 Å². The number of piperazine rings is 1. The molecule has 0 aliphatic carbocycles. The zero-order valence-electron chi connectivity index (χ0n) is 12.0. The normalized spacial score (nSPS) is 18.3. The van der Waals surface area contributed by atoms with Crippen molar-refractivity contribution in [3.05, 3.63) is 28.5 Å². The number of alkyl halides is 3. The minimum Gasteiger partial charge on any atom is -0.489 e. The van der Waals surface area contributed by atoms with E-state index in [0.29, 0.717) is 13.1 Å². The van der Waals surface area contributed by atoms with E-state index in [1.54, 1.807) is 6.92 Å². The molecule has 0 radical (unpaired) electrons. The van der Waals surface area contributed by atoms with Gasteiger partial charge in [0.1, 0.15) is 6.04 Å². The molecule has 1 N–H and O–H groups in total. The van der Waals surface area contributed by atoms with Crippen LogP contribution in [0.1, 0.15) is 18.5 Å². The van der Waals surface area contributed by atoms with Crippen molar-refractivity contribution < 1.29 is 22.3 Å². The van der Waals surface area contributed by atoms with E-state index < -0.39 is 18.0 Å². The van der Waals surface area contributed by atoms with Crippen LogP contribution in [-0.2, 0) is 0 Å². The Morgan fingerprint density at radius 2 is 1.95 bits per heavy atom. The summed E-state index contributed by atoms with van der Waals surface area (Å²) < 4.78 is 59.4. The summed E-state index contributed by atoms with van der Waals surface area (Å²) in [5.74, 6) is -1.09. The number of hydrogen-bond acceptors (Lipinski definition) is 3. The van der Waals surface area contributed by atoms with Crippen LogP contribution in [0.3, 0.4) is 0 Å². The topological polar surface area (TPSA) is 24.5 Å². The molecule has 1 heterocycles. The lowest BCUT2D eigenvalue weighted by Crippen LogP contribution is -2.49. The first-order valence-electron chi connectivity index (χ1n) is 6.97. The maximum absolute atomic E-state index is 14.0. The summed E-state index contributed by atoms with van der Waals surface area (Å²) in [5, 5.41) is 2.84. The second-order valence-corrected chi connectivity index (χ2v) is 5.38. The fourth-order valence-corrected chi connectivity index (χ4v) is 2.84. The Balaban J connectivity index is 2.39. The Hall–Kier alpha value is -1.05. The molecule has 0 amide bonds. The predicted molar refractivity (Wildman–Crippen MR) is 75.8 cm³/mol. The lowest BCUT2D eigenvalue weighted by atomic mass is 10.0. The van der Waals surface area contributed by atoms with E-state index in [0.717, 1.165) is 12.1 Å². The van der Waals surface area contributed by atoms with Crippen molar-refractivity contribution in [3.8, 4) is 5.75 Å². The molecule has 8 heteroatoms. The molecule has 0 spiro atoms. The molecule has 2 rings (SSSR count). The van der Waals surface area contributed by atoms with Crippen molar-refractivity contribution in [2.75, 3.05) is 32.8 Å². The van der Waals surface area contributed by atoms with Gasteiger partial charge in [0, 0.05) is 26.2 Å². The Bertz CT molecular complexity index is 495. The second kappa shape index (κ2) is 7.02. The third-order valence-corrected chi connectivity index (χ3v) is 3.73. The van der Waals surface area contributed by atoms with E-state index in [-0.39, 0.29) is 36.0 Å². The average molecular weight is 341 g/mol. The minimum atomic E-state index is -4.51. The molecule has 3 nitrogen and oxygen atoms in total. The lowest BCUT2D eigenvalue weighted by molar-refractivity contribution is -0.187. The van der Waals surface area contributed by atoms with E-state index in [2.05, 4.69) is 5.32 Å². The minimum absolute atomic E-state index is 0.152. The monoisotopic (exact) mass is 340 g/mol. The van der Waals surface area contributed by atoms with Crippen molar-refractivity contribution >= 4 is 11.6 Å². The number of halogens is 5. The van der Waals surface area contributed by atoms with Gasteiger partial charge < -0.3 is 10.1 Å². The van der Waals surface area contributed by atoms with Gasteiger partial charge in [0.25, 0.3) is 0 Å². The Morgan fingerprint density at radius 3 is 2.45 bits per heavy atom. The number of rotatable bonds is 4. The van der Waals surface area contributed by atoms with Crippen molar-refractivity contribution in [1.82, 2.24) is 10.2 Å². The molecule has 1 aromatic carbocycles. The van der Waals surface area contributed by atoms with Gasteiger partial charge in [-0.3, -0.25) is 4.90 Å². The molecular formula is C14H17ClF4N2O. The number of benzene rings is 1. The predicted octanol–water partition coefficient (Wildman–Crippen LogP) is 3.39. The van der Waals surface area contributed by atoms with Crippen LogP contribution in [0.2, 0.25) is 5.02 Å². The van der Waals surface area contributed by atoms with Gasteiger partial charge in [-0.05, 0) is 24.6 Å². The number of nitrogens with zero attached hydrogens (tertiary/aromatic N) is 1. The molecule has 124 valence electrons. The van der Waals surface area contributed by atoms with Gasteiger partial charge in [0.2, 0.25) is 0 Å². The van der Waals surface area contributed by atoms with Gasteiger partial charge >= 0.3 is 6.18 Å². The zero-order chi connectivity index (χ0) is 16.3. The Kier molecular flexibility index (Phi) is 5.52. The summed E-state index contributed by atoms with van der Waals surface area (Å²) in [6, 6.07) is 0.115.